The predicted octanol–water partition coefficient (Wildman–Crippen LogP) is -0.228. The predicted molar refractivity (Wildman–Crippen MR) is 71.0 cm³/mol. The van der Waals surface area contributed by atoms with Crippen molar-refractivity contribution in [3.8, 4) is 0 Å². The molecule has 8 heteroatoms. The third kappa shape index (κ3) is 4.98. The molecule has 0 aliphatic heterocycles. The van der Waals surface area contributed by atoms with Crippen LogP contribution in [0.5, 0.6) is 0 Å². The Labute approximate surface area is 117 Å². The second-order valence-electron chi connectivity index (χ2n) is 4.00. The van der Waals surface area contributed by atoms with Crippen LogP contribution in [0.15, 0.2) is 35.2 Å². The Balaban J connectivity index is 2.45. The Morgan fingerprint density at radius 2 is 1.90 bits per heavy atom. The Kier molecular flexibility index (Phi) is 5.66. The van der Waals surface area contributed by atoms with Gasteiger partial charge in [-0.05, 0) is 19.1 Å². The van der Waals surface area contributed by atoms with Crippen molar-refractivity contribution in [1.82, 2.24) is 4.72 Å². The van der Waals surface area contributed by atoms with Crippen molar-refractivity contribution in [1.29, 1.82) is 0 Å². The van der Waals surface area contributed by atoms with Crippen LogP contribution >= 0.6 is 0 Å². The zero-order chi connectivity index (χ0) is 15.2. The molecule has 20 heavy (non-hydrogen) atoms. The SMILES string of the molecule is C[C@H](OC(=O)CCNS(=O)(=O)c1ccccc1)C(N)=O. The summed E-state index contributed by atoms with van der Waals surface area (Å²) < 4.78 is 30.6. The fourth-order valence-corrected chi connectivity index (χ4v) is 2.34. The number of benzene rings is 1. The van der Waals surface area contributed by atoms with E-state index in [0.717, 1.165) is 0 Å². The maximum Gasteiger partial charge on any atom is 0.307 e. The van der Waals surface area contributed by atoms with Gasteiger partial charge < -0.3 is 10.5 Å². The Hall–Kier alpha value is -1.93. The van der Waals surface area contributed by atoms with Gasteiger partial charge >= 0.3 is 5.97 Å². The van der Waals surface area contributed by atoms with Gasteiger partial charge in [-0.15, -0.1) is 0 Å². The molecule has 3 N–H and O–H groups in total. The second-order valence-corrected chi connectivity index (χ2v) is 5.76. The van der Waals surface area contributed by atoms with Gasteiger partial charge in [0, 0.05) is 6.54 Å². The van der Waals surface area contributed by atoms with Gasteiger partial charge in [-0.1, -0.05) is 18.2 Å². The van der Waals surface area contributed by atoms with Crippen LogP contribution in [0.3, 0.4) is 0 Å². The van der Waals surface area contributed by atoms with Crippen molar-refractivity contribution in [2.45, 2.75) is 24.3 Å². The minimum Gasteiger partial charge on any atom is -0.453 e. The van der Waals surface area contributed by atoms with Gasteiger partial charge in [-0.2, -0.15) is 0 Å². The largest absolute Gasteiger partial charge is 0.453 e. The summed E-state index contributed by atoms with van der Waals surface area (Å²) in [6.07, 6.45) is -1.22. The molecular formula is C12H16N2O5S. The maximum absolute atomic E-state index is 11.8. The summed E-state index contributed by atoms with van der Waals surface area (Å²) in [6, 6.07) is 7.77. The summed E-state index contributed by atoms with van der Waals surface area (Å²) >= 11 is 0. The Morgan fingerprint density at radius 3 is 2.45 bits per heavy atom. The van der Waals surface area contributed by atoms with E-state index in [2.05, 4.69) is 9.46 Å². The topological polar surface area (TPSA) is 116 Å². The monoisotopic (exact) mass is 300 g/mol. The number of hydrogen-bond acceptors (Lipinski definition) is 5. The molecule has 0 aliphatic rings. The summed E-state index contributed by atoms with van der Waals surface area (Å²) in [5, 5.41) is 0. The lowest BCUT2D eigenvalue weighted by Crippen LogP contribution is -2.32. The van der Waals surface area contributed by atoms with Crippen LogP contribution in [0.2, 0.25) is 0 Å². The highest BCUT2D eigenvalue weighted by atomic mass is 32.2. The molecule has 1 rings (SSSR count). The normalized spacial score (nSPS) is 12.7. The first-order chi connectivity index (χ1) is 9.33. The second kappa shape index (κ2) is 7.01. The lowest BCUT2D eigenvalue weighted by atomic mass is 10.4. The number of esters is 1. The van der Waals surface area contributed by atoms with Crippen molar-refractivity contribution in [2.75, 3.05) is 6.54 Å². The number of nitrogens with two attached hydrogens (primary N) is 1. The molecule has 0 saturated heterocycles. The van der Waals surface area contributed by atoms with E-state index in [4.69, 9.17) is 5.73 Å². The lowest BCUT2D eigenvalue weighted by Gasteiger charge is -2.10. The smallest absolute Gasteiger partial charge is 0.307 e. The number of rotatable bonds is 7. The van der Waals surface area contributed by atoms with Gasteiger partial charge in [0.1, 0.15) is 0 Å². The molecule has 0 bridgehead atoms. The number of hydrogen-bond donors (Lipinski definition) is 2. The number of sulfonamides is 1. The highest BCUT2D eigenvalue weighted by Gasteiger charge is 2.16. The van der Waals surface area contributed by atoms with Gasteiger partial charge in [0.2, 0.25) is 10.0 Å². The lowest BCUT2D eigenvalue weighted by molar-refractivity contribution is -0.153. The molecule has 0 fully saturated rings. The molecule has 1 aromatic carbocycles. The van der Waals surface area contributed by atoms with E-state index in [1.165, 1.54) is 19.1 Å². The van der Waals surface area contributed by atoms with Gasteiger partial charge in [-0.25, -0.2) is 13.1 Å². The van der Waals surface area contributed by atoms with Crippen molar-refractivity contribution < 1.29 is 22.7 Å². The van der Waals surface area contributed by atoms with Gasteiger partial charge in [-0.3, -0.25) is 9.59 Å². The van der Waals surface area contributed by atoms with Crippen LogP contribution in [0.1, 0.15) is 13.3 Å². The molecular weight excluding hydrogens is 284 g/mol. The quantitative estimate of drug-likeness (QED) is 0.675. The third-order valence-electron chi connectivity index (χ3n) is 2.38. The average molecular weight is 300 g/mol. The first-order valence-electron chi connectivity index (χ1n) is 5.86. The molecule has 0 unspecified atom stereocenters. The molecule has 0 aromatic heterocycles. The van der Waals surface area contributed by atoms with Crippen molar-refractivity contribution in [3.05, 3.63) is 30.3 Å². The molecule has 0 aliphatic carbocycles. The van der Waals surface area contributed by atoms with E-state index >= 15 is 0 Å². The van der Waals surface area contributed by atoms with E-state index < -0.39 is 28.0 Å². The van der Waals surface area contributed by atoms with Crippen LogP contribution in [-0.4, -0.2) is 32.9 Å². The zero-order valence-corrected chi connectivity index (χ0v) is 11.7. The molecule has 7 nitrogen and oxygen atoms in total. The van der Waals surface area contributed by atoms with E-state index in [-0.39, 0.29) is 17.9 Å². The fourth-order valence-electron chi connectivity index (χ4n) is 1.28. The molecule has 110 valence electrons. The van der Waals surface area contributed by atoms with Crippen LogP contribution in [0, 0.1) is 0 Å². The molecule has 1 atom stereocenters. The minimum absolute atomic E-state index is 0.110. The highest BCUT2D eigenvalue weighted by molar-refractivity contribution is 7.89. The first-order valence-corrected chi connectivity index (χ1v) is 7.35. The van der Waals surface area contributed by atoms with Crippen LogP contribution in [0.25, 0.3) is 0 Å². The minimum atomic E-state index is -3.65. The van der Waals surface area contributed by atoms with E-state index in [1.54, 1.807) is 18.2 Å². The molecule has 1 amide bonds. The molecule has 0 saturated carbocycles. The summed E-state index contributed by atoms with van der Waals surface area (Å²) in [6.45, 7) is 1.22. The standard InChI is InChI=1S/C12H16N2O5S/c1-9(12(13)16)19-11(15)7-8-14-20(17,18)10-5-3-2-4-6-10/h2-6,9,14H,7-8H2,1H3,(H2,13,16)/t9-/m0/s1. The molecule has 1 aromatic rings. The number of amides is 1. The van der Waals surface area contributed by atoms with Gasteiger partial charge in [0.15, 0.2) is 6.10 Å². The summed E-state index contributed by atoms with van der Waals surface area (Å²) in [5.41, 5.74) is 4.93. The molecule has 0 heterocycles. The summed E-state index contributed by atoms with van der Waals surface area (Å²) in [7, 11) is -3.65. The fraction of sp³-hybridized carbons (Fsp3) is 0.333. The van der Waals surface area contributed by atoms with E-state index in [9.17, 15) is 18.0 Å². The molecule has 0 radical (unpaired) electrons. The zero-order valence-electron chi connectivity index (χ0n) is 10.9. The van der Waals surface area contributed by atoms with Gasteiger partial charge in [0.25, 0.3) is 5.91 Å². The van der Waals surface area contributed by atoms with Crippen molar-refractivity contribution in [2.24, 2.45) is 5.73 Å². The average Bonchev–Trinajstić information content (AvgIpc) is 2.39. The number of carbonyl (C=O) groups is 2. The Bertz CT molecular complexity index is 571. The highest BCUT2D eigenvalue weighted by Crippen LogP contribution is 2.06. The first kappa shape index (κ1) is 16.1. The number of ether oxygens (including phenoxy) is 1. The van der Waals surface area contributed by atoms with Crippen LogP contribution in [-0.2, 0) is 24.3 Å². The van der Waals surface area contributed by atoms with Crippen molar-refractivity contribution in [3.63, 3.8) is 0 Å². The summed E-state index contributed by atoms with van der Waals surface area (Å²) in [5.74, 6) is -1.46. The summed E-state index contributed by atoms with van der Waals surface area (Å²) in [4.78, 5) is 22.1. The third-order valence-corrected chi connectivity index (χ3v) is 3.86. The van der Waals surface area contributed by atoms with Gasteiger partial charge in [0.05, 0.1) is 11.3 Å². The maximum atomic E-state index is 11.8. The van der Waals surface area contributed by atoms with Crippen LogP contribution in [0.4, 0.5) is 0 Å². The number of carbonyl (C=O) groups excluding carboxylic acids is 2. The van der Waals surface area contributed by atoms with E-state index in [1.807, 2.05) is 0 Å². The Morgan fingerprint density at radius 1 is 1.30 bits per heavy atom. The number of primary amides is 1. The van der Waals surface area contributed by atoms with E-state index in [0.29, 0.717) is 0 Å². The van der Waals surface area contributed by atoms with Crippen molar-refractivity contribution >= 4 is 21.9 Å². The number of nitrogens with one attached hydrogen (secondary N) is 1. The molecule has 0 spiro atoms. The van der Waals surface area contributed by atoms with Crippen LogP contribution < -0.4 is 10.5 Å².